The molecule has 0 saturated carbocycles. The molecule has 0 radical (unpaired) electrons. The van der Waals surface area contributed by atoms with Gasteiger partial charge in [0.15, 0.2) is 0 Å². The molecule has 0 amide bonds. The van der Waals surface area contributed by atoms with E-state index in [0.717, 1.165) is 6.54 Å². The largest absolute Gasteiger partial charge is 0.377 e. The summed E-state index contributed by atoms with van der Waals surface area (Å²) in [6, 6.07) is 5.40. The van der Waals surface area contributed by atoms with Gasteiger partial charge in [0.2, 0.25) is 0 Å². The van der Waals surface area contributed by atoms with Crippen LogP contribution in [0.4, 0.5) is 4.39 Å². The van der Waals surface area contributed by atoms with Crippen LogP contribution in [0.1, 0.15) is 37.9 Å². The number of hydrogen-bond donors (Lipinski definition) is 1. The van der Waals surface area contributed by atoms with Crippen molar-refractivity contribution < 1.29 is 9.13 Å². The number of ether oxygens (including phenoxy) is 1. The summed E-state index contributed by atoms with van der Waals surface area (Å²) in [7, 11) is 0. The van der Waals surface area contributed by atoms with Gasteiger partial charge in [-0.2, -0.15) is 0 Å². The molecule has 0 saturated heterocycles. The molecular formula is C14H22FNO. The molecule has 1 aromatic carbocycles. The van der Waals surface area contributed by atoms with Gasteiger partial charge in [0.05, 0.1) is 18.8 Å². The van der Waals surface area contributed by atoms with Gasteiger partial charge in [0, 0.05) is 5.56 Å². The van der Waals surface area contributed by atoms with Crippen LogP contribution in [0.3, 0.4) is 0 Å². The highest BCUT2D eigenvalue weighted by Gasteiger charge is 2.16. The number of likely N-dealkylation sites (N-methyl/N-ethyl adjacent to an activating group) is 1. The van der Waals surface area contributed by atoms with Crippen molar-refractivity contribution in [3.8, 4) is 0 Å². The molecule has 0 spiro atoms. The van der Waals surface area contributed by atoms with Crippen LogP contribution in [0.25, 0.3) is 0 Å². The smallest absolute Gasteiger partial charge is 0.130 e. The first-order chi connectivity index (χ1) is 8.06. The number of aryl methyl sites for hydroxylation is 1. The normalized spacial score (nSPS) is 13.1. The van der Waals surface area contributed by atoms with E-state index in [-0.39, 0.29) is 18.0 Å². The molecule has 0 bridgehead atoms. The van der Waals surface area contributed by atoms with Gasteiger partial charge >= 0.3 is 0 Å². The molecule has 1 aromatic rings. The summed E-state index contributed by atoms with van der Waals surface area (Å²) in [6.07, 6.45) is 0.157. The Kier molecular flexibility index (Phi) is 5.59. The fourth-order valence-electron chi connectivity index (χ4n) is 1.73. The number of benzene rings is 1. The molecule has 17 heavy (non-hydrogen) atoms. The van der Waals surface area contributed by atoms with Crippen molar-refractivity contribution in [3.63, 3.8) is 0 Å². The number of halogens is 1. The van der Waals surface area contributed by atoms with E-state index in [4.69, 9.17) is 4.74 Å². The molecule has 0 aliphatic rings. The topological polar surface area (TPSA) is 21.3 Å². The molecule has 96 valence electrons. The first-order valence-electron chi connectivity index (χ1n) is 6.16. The van der Waals surface area contributed by atoms with Crippen molar-refractivity contribution in [3.05, 3.63) is 35.1 Å². The van der Waals surface area contributed by atoms with Gasteiger partial charge in [-0.3, -0.25) is 0 Å². The van der Waals surface area contributed by atoms with Crippen LogP contribution >= 0.6 is 0 Å². The Labute approximate surface area is 103 Å². The molecule has 1 atom stereocenters. The molecule has 0 fully saturated rings. The Morgan fingerprint density at radius 3 is 2.65 bits per heavy atom. The summed E-state index contributed by atoms with van der Waals surface area (Å²) in [4.78, 5) is 0. The highest BCUT2D eigenvalue weighted by atomic mass is 19.1. The lowest BCUT2D eigenvalue weighted by Gasteiger charge is -2.21. The summed E-state index contributed by atoms with van der Waals surface area (Å²) in [6.45, 7) is 9.04. The zero-order chi connectivity index (χ0) is 12.8. The van der Waals surface area contributed by atoms with E-state index in [9.17, 15) is 4.39 Å². The second-order valence-corrected chi connectivity index (χ2v) is 4.47. The molecule has 1 rings (SSSR count). The average Bonchev–Trinajstić information content (AvgIpc) is 2.28. The van der Waals surface area contributed by atoms with E-state index in [1.165, 1.54) is 0 Å². The zero-order valence-corrected chi connectivity index (χ0v) is 11.1. The van der Waals surface area contributed by atoms with Crippen LogP contribution in [0, 0.1) is 12.7 Å². The van der Waals surface area contributed by atoms with E-state index in [0.29, 0.717) is 17.7 Å². The van der Waals surface area contributed by atoms with Gasteiger partial charge in [-0.15, -0.1) is 0 Å². The maximum atomic E-state index is 14.0. The SMILES string of the molecule is CCNC(COC(C)C)c1cccc(C)c1F. The Balaban J connectivity index is 2.85. The van der Waals surface area contributed by atoms with Crippen LogP contribution in [-0.2, 0) is 4.74 Å². The highest BCUT2D eigenvalue weighted by Crippen LogP contribution is 2.20. The first-order valence-corrected chi connectivity index (χ1v) is 6.16. The summed E-state index contributed by atoms with van der Waals surface area (Å²) < 4.78 is 19.6. The van der Waals surface area contributed by atoms with Crippen LogP contribution in [0.15, 0.2) is 18.2 Å². The minimum Gasteiger partial charge on any atom is -0.377 e. The lowest BCUT2D eigenvalue weighted by Crippen LogP contribution is -2.27. The molecule has 1 N–H and O–H groups in total. The Hall–Kier alpha value is -0.930. The number of hydrogen-bond acceptors (Lipinski definition) is 2. The highest BCUT2D eigenvalue weighted by molar-refractivity contribution is 5.27. The van der Waals surface area contributed by atoms with Crippen molar-refractivity contribution in [1.82, 2.24) is 5.32 Å². The average molecular weight is 239 g/mol. The fourth-order valence-corrected chi connectivity index (χ4v) is 1.73. The molecule has 0 aliphatic carbocycles. The van der Waals surface area contributed by atoms with Crippen LogP contribution in [-0.4, -0.2) is 19.3 Å². The monoisotopic (exact) mass is 239 g/mol. The van der Waals surface area contributed by atoms with Crippen LogP contribution in [0.2, 0.25) is 0 Å². The van der Waals surface area contributed by atoms with E-state index < -0.39 is 0 Å². The Morgan fingerprint density at radius 2 is 2.06 bits per heavy atom. The van der Waals surface area contributed by atoms with Gasteiger partial charge in [0.1, 0.15) is 5.82 Å². The predicted molar refractivity (Wildman–Crippen MR) is 68.6 cm³/mol. The van der Waals surface area contributed by atoms with Gasteiger partial charge in [-0.05, 0) is 32.9 Å². The molecule has 3 heteroatoms. The van der Waals surface area contributed by atoms with Crippen LogP contribution in [0.5, 0.6) is 0 Å². The number of rotatable bonds is 6. The summed E-state index contributed by atoms with van der Waals surface area (Å²) in [5.74, 6) is -0.134. The van der Waals surface area contributed by atoms with Crippen molar-refractivity contribution in [2.75, 3.05) is 13.2 Å². The molecule has 0 aliphatic heterocycles. The quantitative estimate of drug-likeness (QED) is 0.823. The van der Waals surface area contributed by atoms with Crippen molar-refractivity contribution in [2.24, 2.45) is 0 Å². The van der Waals surface area contributed by atoms with E-state index in [1.807, 2.05) is 32.9 Å². The van der Waals surface area contributed by atoms with Gasteiger partial charge in [0.25, 0.3) is 0 Å². The zero-order valence-electron chi connectivity index (χ0n) is 11.1. The van der Waals surface area contributed by atoms with E-state index in [2.05, 4.69) is 5.32 Å². The standard InChI is InChI=1S/C14H22FNO/c1-5-16-13(9-17-10(2)3)12-8-6-7-11(4)14(12)15/h6-8,10,13,16H,5,9H2,1-4H3. The summed E-state index contributed by atoms with van der Waals surface area (Å²) in [5, 5.41) is 3.26. The summed E-state index contributed by atoms with van der Waals surface area (Å²) in [5.41, 5.74) is 1.36. The van der Waals surface area contributed by atoms with Crippen molar-refractivity contribution >= 4 is 0 Å². The van der Waals surface area contributed by atoms with Gasteiger partial charge in [-0.25, -0.2) is 4.39 Å². The Bertz CT molecular complexity index is 352. The molecule has 1 unspecified atom stereocenters. The third kappa shape index (κ3) is 4.10. The third-order valence-corrected chi connectivity index (χ3v) is 2.64. The predicted octanol–water partition coefficient (Wildman–Crippen LogP) is 3.21. The van der Waals surface area contributed by atoms with Gasteiger partial charge in [-0.1, -0.05) is 25.1 Å². The van der Waals surface area contributed by atoms with Gasteiger partial charge < -0.3 is 10.1 Å². The molecule has 0 heterocycles. The second kappa shape index (κ2) is 6.72. The van der Waals surface area contributed by atoms with Crippen molar-refractivity contribution in [1.29, 1.82) is 0 Å². The fraction of sp³-hybridized carbons (Fsp3) is 0.571. The lowest BCUT2D eigenvalue weighted by atomic mass is 10.0. The number of nitrogens with one attached hydrogen (secondary N) is 1. The van der Waals surface area contributed by atoms with Crippen molar-refractivity contribution in [2.45, 2.75) is 39.8 Å². The summed E-state index contributed by atoms with van der Waals surface area (Å²) >= 11 is 0. The maximum Gasteiger partial charge on any atom is 0.130 e. The molecule has 0 aromatic heterocycles. The maximum absolute atomic E-state index is 14.0. The first kappa shape index (κ1) is 14.1. The minimum absolute atomic E-state index is 0.0812. The molecular weight excluding hydrogens is 217 g/mol. The Morgan fingerprint density at radius 1 is 1.35 bits per heavy atom. The lowest BCUT2D eigenvalue weighted by molar-refractivity contribution is 0.0607. The van der Waals surface area contributed by atoms with E-state index in [1.54, 1.807) is 13.0 Å². The minimum atomic E-state index is -0.134. The van der Waals surface area contributed by atoms with Crippen LogP contribution < -0.4 is 5.32 Å². The van der Waals surface area contributed by atoms with E-state index >= 15 is 0 Å². The molecule has 2 nitrogen and oxygen atoms in total. The second-order valence-electron chi connectivity index (χ2n) is 4.47. The third-order valence-electron chi connectivity index (χ3n) is 2.64.